The van der Waals surface area contributed by atoms with E-state index in [1.54, 1.807) is 0 Å². The minimum atomic E-state index is -4.41. The van der Waals surface area contributed by atoms with Crippen molar-refractivity contribution in [3.05, 3.63) is 29.6 Å². The highest BCUT2D eigenvalue weighted by Crippen LogP contribution is 2.27. The zero-order valence-corrected chi connectivity index (χ0v) is 7.34. The summed E-state index contributed by atoms with van der Waals surface area (Å²) in [7, 11) is 0. The van der Waals surface area contributed by atoms with Crippen molar-refractivity contribution in [2.45, 2.75) is 19.0 Å². The Morgan fingerprint density at radius 2 is 2.00 bits per heavy atom. The molecule has 0 spiro atoms. The molecule has 0 saturated heterocycles. The van der Waals surface area contributed by atoms with Crippen molar-refractivity contribution in [2.24, 2.45) is 0 Å². The Hall–Kier alpha value is -1.10. The van der Waals surface area contributed by atoms with Crippen LogP contribution in [0.3, 0.4) is 0 Å². The topological polar surface area (TPSA) is 32.8 Å². The van der Waals surface area contributed by atoms with E-state index in [4.69, 9.17) is 0 Å². The lowest BCUT2D eigenvalue weighted by Gasteiger charge is -2.06. The van der Waals surface area contributed by atoms with Crippen LogP contribution in [0.25, 0.3) is 0 Å². The summed E-state index contributed by atoms with van der Waals surface area (Å²) in [5.41, 5.74) is -0.587. The molecule has 1 heterocycles. The third-order valence-electron chi connectivity index (χ3n) is 1.67. The van der Waals surface area contributed by atoms with Gasteiger partial charge in [-0.05, 0) is 25.0 Å². The molecular weight excluding hydrogens is 195 g/mol. The number of aryl methyl sites for hydroxylation is 1. The van der Waals surface area contributed by atoms with Crippen LogP contribution in [0, 0.1) is 0 Å². The van der Waals surface area contributed by atoms with Crippen LogP contribution in [-0.4, -0.2) is 11.6 Å². The summed E-state index contributed by atoms with van der Waals surface area (Å²) >= 11 is 0. The number of hydrogen-bond acceptors (Lipinski definition) is 1. The largest absolute Gasteiger partial charge is 0.433 e. The number of pyridine rings is 1. The number of halogens is 3. The molecule has 14 heavy (non-hydrogen) atoms. The van der Waals surface area contributed by atoms with Crippen LogP contribution >= 0.6 is 0 Å². The van der Waals surface area contributed by atoms with E-state index in [9.17, 15) is 18.3 Å². The standard InChI is InChI=1S/C9H9F3NO/c10-9(11,12)8-5-1-3-7(13-8)4-2-6-14/h1,3,5H,2,4,6H2. The summed E-state index contributed by atoms with van der Waals surface area (Å²) in [4.78, 5) is 3.42. The maximum Gasteiger partial charge on any atom is 0.433 e. The monoisotopic (exact) mass is 204 g/mol. The molecule has 0 saturated carbocycles. The first-order valence-corrected chi connectivity index (χ1v) is 4.15. The van der Waals surface area contributed by atoms with Gasteiger partial charge in [-0.3, -0.25) is 0 Å². The maximum atomic E-state index is 12.2. The summed E-state index contributed by atoms with van der Waals surface area (Å²) in [6.07, 6.45) is -3.80. The average Bonchev–Trinajstić information content (AvgIpc) is 2.14. The lowest BCUT2D eigenvalue weighted by molar-refractivity contribution is -0.141. The predicted octanol–water partition coefficient (Wildman–Crippen LogP) is 2.46. The highest BCUT2D eigenvalue weighted by Gasteiger charge is 2.32. The third kappa shape index (κ3) is 2.99. The number of aromatic nitrogens is 1. The highest BCUT2D eigenvalue weighted by atomic mass is 19.4. The Labute approximate surface area is 79.4 Å². The van der Waals surface area contributed by atoms with Crippen LogP contribution < -0.4 is 0 Å². The Morgan fingerprint density at radius 3 is 2.57 bits per heavy atom. The van der Waals surface area contributed by atoms with Gasteiger partial charge in [-0.1, -0.05) is 6.07 Å². The summed E-state index contributed by atoms with van der Waals surface area (Å²) < 4.78 is 36.5. The van der Waals surface area contributed by atoms with Gasteiger partial charge in [0, 0.05) is 5.69 Å². The lowest BCUT2D eigenvalue weighted by atomic mass is 10.2. The number of alkyl halides is 3. The van der Waals surface area contributed by atoms with Crippen molar-refractivity contribution < 1.29 is 18.3 Å². The molecule has 0 fully saturated rings. The van der Waals surface area contributed by atoms with Crippen LogP contribution in [0.2, 0.25) is 0 Å². The maximum absolute atomic E-state index is 12.2. The lowest BCUT2D eigenvalue weighted by Crippen LogP contribution is -2.09. The fourth-order valence-corrected chi connectivity index (χ4v) is 1.03. The number of hydrogen-bond donors (Lipinski definition) is 0. The minimum Gasteiger partial charge on any atom is -0.248 e. The van der Waals surface area contributed by atoms with Crippen LogP contribution in [0.5, 0.6) is 0 Å². The van der Waals surface area contributed by atoms with E-state index in [-0.39, 0.29) is 6.61 Å². The van der Waals surface area contributed by atoms with E-state index < -0.39 is 11.9 Å². The fourth-order valence-electron chi connectivity index (χ4n) is 1.03. The van der Waals surface area contributed by atoms with E-state index in [0.717, 1.165) is 6.07 Å². The molecule has 1 aromatic rings. The van der Waals surface area contributed by atoms with Gasteiger partial charge in [0.25, 0.3) is 0 Å². The molecule has 0 aliphatic rings. The zero-order valence-electron chi connectivity index (χ0n) is 7.34. The normalized spacial score (nSPS) is 11.7. The number of nitrogens with zero attached hydrogens (tertiary/aromatic N) is 1. The minimum absolute atomic E-state index is 0.294. The second-order valence-corrected chi connectivity index (χ2v) is 2.82. The molecule has 1 rings (SSSR count). The van der Waals surface area contributed by atoms with Crippen LogP contribution in [0.15, 0.2) is 18.2 Å². The summed E-state index contributed by atoms with van der Waals surface area (Å²) in [5, 5.41) is 10.1. The van der Waals surface area contributed by atoms with Gasteiger partial charge in [0.05, 0.1) is 6.61 Å². The molecule has 0 aliphatic heterocycles. The molecular formula is C9H9F3NO. The van der Waals surface area contributed by atoms with Gasteiger partial charge < -0.3 is 0 Å². The summed E-state index contributed by atoms with van der Waals surface area (Å²) in [6, 6.07) is 3.71. The first-order valence-electron chi connectivity index (χ1n) is 4.15. The molecule has 5 heteroatoms. The molecule has 77 valence electrons. The van der Waals surface area contributed by atoms with Gasteiger partial charge >= 0.3 is 6.18 Å². The van der Waals surface area contributed by atoms with Gasteiger partial charge in [0.1, 0.15) is 5.69 Å². The second-order valence-electron chi connectivity index (χ2n) is 2.82. The second kappa shape index (κ2) is 4.41. The van der Waals surface area contributed by atoms with E-state index in [1.807, 2.05) is 0 Å². The van der Waals surface area contributed by atoms with Crippen molar-refractivity contribution in [3.63, 3.8) is 0 Å². The first-order chi connectivity index (χ1) is 6.54. The Balaban J connectivity index is 2.79. The molecule has 0 bridgehead atoms. The molecule has 0 amide bonds. The van der Waals surface area contributed by atoms with Crippen molar-refractivity contribution >= 4 is 0 Å². The van der Waals surface area contributed by atoms with Gasteiger partial charge in [-0.15, -0.1) is 0 Å². The van der Waals surface area contributed by atoms with Gasteiger partial charge in [0.2, 0.25) is 0 Å². The predicted molar refractivity (Wildman–Crippen MR) is 43.1 cm³/mol. The molecule has 2 nitrogen and oxygen atoms in total. The van der Waals surface area contributed by atoms with Crippen LogP contribution in [0.1, 0.15) is 17.8 Å². The Kier molecular flexibility index (Phi) is 3.46. The molecule has 1 radical (unpaired) electrons. The van der Waals surface area contributed by atoms with E-state index >= 15 is 0 Å². The number of rotatable bonds is 3. The van der Waals surface area contributed by atoms with Gasteiger partial charge in [0.15, 0.2) is 0 Å². The Morgan fingerprint density at radius 1 is 1.29 bits per heavy atom. The van der Waals surface area contributed by atoms with E-state index in [2.05, 4.69) is 4.98 Å². The quantitative estimate of drug-likeness (QED) is 0.744. The summed E-state index contributed by atoms with van der Waals surface area (Å²) in [6.45, 7) is -0.294. The zero-order chi connectivity index (χ0) is 10.6. The molecule has 0 aliphatic carbocycles. The summed E-state index contributed by atoms with van der Waals surface area (Å²) in [5.74, 6) is 0. The molecule has 0 atom stereocenters. The molecule has 0 aromatic carbocycles. The fraction of sp³-hybridized carbons (Fsp3) is 0.444. The van der Waals surface area contributed by atoms with E-state index in [0.29, 0.717) is 18.5 Å². The van der Waals surface area contributed by atoms with E-state index in [1.165, 1.54) is 12.1 Å². The van der Waals surface area contributed by atoms with Gasteiger partial charge in [-0.25, -0.2) is 10.1 Å². The van der Waals surface area contributed by atoms with Gasteiger partial charge in [-0.2, -0.15) is 13.2 Å². The average molecular weight is 204 g/mol. The van der Waals surface area contributed by atoms with Crippen molar-refractivity contribution in [1.29, 1.82) is 0 Å². The highest BCUT2D eigenvalue weighted by molar-refractivity contribution is 5.13. The van der Waals surface area contributed by atoms with Crippen LogP contribution in [0.4, 0.5) is 13.2 Å². The van der Waals surface area contributed by atoms with Crippen molar-refractivity contribution in [3.8, 4) is 0 Å². The molecule has 0 N–H and O–H groups in total. The SMILES string of the molecule is [O]CCCc1cccc(C(F)(F)F)n1. The van der Waals surface area contributed by atoms with Crippen molar-refractivity contribution in [1.82, 2.24) is 4.98 Å². The smallest absolute Gasteiger partial charge is 0.248 e. The molecule has 0 unspecified atom stereocenters. The molecule has 1 aromatic heterocycles. The van der Waals surface area contributed by atoms with Crippen LogP contribution in [-0.2, 0) is 17.7 Å². The van der Waals surface area contributed by atoms with Crippen molar-refractivity contribution in [2.75, 3.05) is 6.61 Å². The third-order valence-corrected chi connectivity index (χ3v) is 1.67. The first kappa shape index (κ1) is 11.0. The Bertz CT molecular complexity index is 298.